The average Bonchev–Trinajstić information content (AvgIpc) is 2.77. The number of hydrogen-bond acceptors (Lipinski definition) is 2. The van der Waals surface area contributed by atoms with E-state index in [2.05, 4.69) is 28.0 Å². The summed E-state index contributed by atoms with van der Waals surface area (Å²) in [5, 5.41) is 5.52. The van der Waals surface area contributed by atoms with E-state index < -0.39 is 0 Å². The van der Waals surface area contributed by atoms with E-state index in [1.54, 1.807) is 0 Å². The van der Waals surface area contributed by atoms with E-state index in [1.807, 2.05) is 6.92 Å². The lowest BCUT2D eigenvalue weighted by Gasteiger charge is -2.22. The molecule has 3 nitrogen and oxygen atoms in total. The molecule has 1 aromatic carbocycles. The Morgan fingerprint density at radius 2 is 2.06 bits per heavy atom. The van der Waals surface area contributed by atoms with Gasteiger partial charge in [0.1, 0.15) is 5.69 Å². The smallest absolute Gasteiger partial charge is 0.170 e. The van der Waals surface area contributed by atoms with Crippen LogP contribution in [-0.2, 0) is 0 Å². The van der Waals surface area contributed by atoms with Crippen molar-refractivity contribution in [2.24, 2.45) is 0 Å². The van der Waals surface area contributed by atoms with Crippen molar-refractivity contribution in [1.29, 1.82) is 0 Å². The molecule has 1 aromatic heterocycles. The lowest BCUT2D eigenvalue weighted by Crippen LogP contribution is -2.14. The van der Waals surface area contributed by atoms with Gasteiger partial charge in [0, 0.05) is 5.39 Å². The van der Waals surface area contributed by atoms with Crippen LogP contribution in [0.15, 0.2) is 18.2 Å². The van der Waals surface area contributed by atoms with Crippen molar-refractivity contribution in [3.05, 3.63) is 29.5 Å². The molecule has 1 saturated carbocycles. The molecule has 18 heavy (non-hydrogen) atoms. The number of nitrogens with zero attached hydrogens (tertiary/aromatic N) is 2. The molecule has 0 saturated heterocycles. The van der Waals surface area contributed by atoms with Crippen molar-refractivity contribution in [2.45, 2.75) is 45.1 Å². The molecule has 94 valence electrons. The molecule has 0 amide bonds. The molecule has 0 aliphatic heterocycles. The lowest BCUT2D eigenvalue weighted by molar-refractivity contribution is 0.111. The topological polar surface area (TPSA) is 34.9 Å². The van der Waals surface area contributed by atoms with Gasteiger partial charge in [0.25, 0.3) is 0 Å². The molecule has 0 N–H and O–H groups in total. The van der Waals surface area contributed by atoms with Gasteiger partial charge < -0.3 is 0 Å². The number of hydrogen-bond donors (Lipinski definition) is 0. The Hall–Kier alpha value is -1.64. The van der Waals surface area contributed by atoms with E-state index in [-0.39, 0.29) is 0 Å². The van der Waals surface area contributed by atoms with Crippen LogP contribution in [0.25, 0.3) is 10.9 Å². The van der Waals surface area contributed by atoms with Gasteiger partial charge in [0.15, 0.2) is 6.29 Å². The number of aldehydes is 1. The Morgan fingerprint density at radius 3 is 2.78 bits per heavy atom. The van der Waals surface area contributed by atoms with Crippen LogP contribution < -0.4 is 0 Å². The molecule has 0 unspecified atom stereocenters. The highest BCUT2D eigenvalue weighted by Gasteiger charge is 2.20. The van der Waals surface area contributed by atoms with E-state index in [1.165, 1.54) is 37.7 Å². The molecule has 0 bridgehead atoms. The summed E-state index contributed by atoms with van der Waals surface area (Å²) in [5.74, 6) is 0. The molecule has 3 heteroatoms. The minimum absolute atomic E-state index is 0.470. The zero-order valence-corrected chi connectivity index (χ0v) is 10.7. The third kappa shape index (κ3) is 1.84. The van der Waals surface area contributed by atoms with E-state index >= 15 is 0 Å². The van der Waals surface area contributed by atoms with Gasteiger partial charge in [-0.15, -0.1) is 0 Å². The summed E-state index contributed by atoms with van der Waals surface area (Å²) < 4.78 is 2.08. The summed E-state index contributed by atoms with van der Waals surface area (Å²) in [7, 11) is 0. The van der Waals surface area contributed by atoms with Crippen molar-refractivity contribution in [1.82, 2.24) is 9.78 Å². The number of aromatic nitrogens is 2. The first-order valence-corrected chi connectivity index (χ1v) is 6.73. The van der Waals surface area contributed by atoms with Gasteiger partial charge in [-0.05, 0) is 31.9 Å². The Bertz CT molecular complexity index is 579. The monoisotopic (exact) mass is 242 g/mol. The number of carbonyl (C=O) groups is 1. The molecular formula is C15H18N2O. The largest absolute Gasteiger partial charge is 0.296 e. The fraction of sp³-hybridized carbons (Fsp3) is 0.467. The summed E-state index contributed by atoms with van der Waals surface area (Å²) >= 11 is 0. The van der Waals surface area contributed by atoms with Crippen molar-refractivity contribution < 1.29 is 4.79 Å². The van der Waals surface area contributed by atoms with E-state index in [4.69, 9.17) is 0 Å². The third-order valence-electron chi connectivity index (χ3n) is 3.92. The SMILES string of the molecule is Cc1ccc2c(c1)c(C=O)nn2C1CCCCC1. The summed E-state index contributed by atoms with van der Waals surface area (Å²) in [6.07, 6.45) is 7.12. The predicted octanol–water partition coefficient (Wildman–Crippen LogP) is 3.66. The first-order chi connectivity index (χ1) is 8.79. The number of rotatable bonds is 2. The second-order valence-electron chi connectivity index (χ2n) is 5.26. The maximum absolute atomic E-state index is 11.2. The fourth-order valence-corrected chi connectivity index (χ4v) is 2.97. The normalized spacial score (nSPS) is 17.2. The molecule has 0 radical (unpaired) electrons. The van der Waals surface area contributed by atoms with Gasteiger partial charge in [0.2, 0.25) is 0 Å². The average molecular weight is 242 g/mol. The standard InChI is InChI=1S/C15H18N2O/c1-11-7-8-15-13(9-11)14(10-18)16-17(15)12-5-3-2-4-6-12/h7-10,12H,2-6H2,1H3. The van der Waals surface area contributed by atoms with Crippen LogP contribution in [0, 0.1) is 6.92 Å². The number of carbonyl (C=O) groups excluding carboxylic acids is 1. The van der Waals surface area contributed by atoms with Gasteiger partial charge >= 0.3 is 0 Å². The van der Waals surface area contributed by atoms with Crippen LogP contribution in [0.3, 0.4) is 0 Å². The summed E-state index contributed by atoms with van der Waals surface area (Å²) in [6, 6.07) is 6.72. The first kappa shape index (κ1) is 11.5. The molecule has 0 spiro atoms. The molecule has 1 aliphatic carbocycles. The third-order valence-corrected chi connectivity index (χ3v) is 3.92. The molecule has 1 heterocycles. The number of benzene rings is 1. The summed E-state index contributed by atoms with van der Waals surface area (Å²) in [6.45, 7) is 2.05. The zero-order valence-electron chi connectivity index (χ0n) is 10.7. The second kappa shape index (κ2) is 4.56. The lowest BCUT2D eigenvalue weighted by atomic mass is 9.95. The van der Waals surface area contributed by atoms with Gasteiger partial charge in [-0.2, -0.15) is 5.10 Å². The maximum Gasteiger partial charge on any atom is 0.170 e. The molecule has 1 fully saturated rings. The van der Waals surface area contributed by atoms with Gasteiger partial charge in [0.05, 0.1) is 11.6 Å². The highest BCUT2D eigenvalue weighted by atomic mass is 16.1. The Labute approximate surface area is 107 Å². The minimum atomic E-state index is 0.470. The van der Waals surface area contributed by atoms with Crippen LogP contribution in [0.5, 0.6) is 0 Å². The molecular weight excluding hydrogens is 224 g/mol. The number of aryl methyl sites for hydroxylation is 1. The molecule has 0 atom stereocenters. The summed E-state index contributed by atoms with van der Waals surface area (Å²) in [5.41, 5.74) is 2.86. The zero-order chi connectivity index (χ0) is 12.5. The van der Waals surface area contributed by atoms with Gasteiger partial charge in [-0.3, -0.25) is 9.48 Å². The molecule has 1 aliphatic rings. The fourth-order valence-electron chi connectivity index (χ4n) is 2.97. The van der Waals surface area contributed by atoms with Crippen molar-refractivity contribution in [3.63, 3.8) is 0 Å². The highest BCUT2D eigenvalue weighted by molar-refractivity contribution is 5.95. The van der Waals surface area contributed by atoms with Crippen LogP contribution in [0.4, 0.5) is 0 Å². The van der Waals surface area contributed by atoms with Crippen LogP contribution >= 0.6 is 0 Å². The minimum Gasteiger partial charge on any atom is -0.296 e. The Morgan fingerprint density at radius 1 is 1.28 bits per heavy atom. The van der Waals surface area contributed by atoms with Crippen LogP contribution in [-0.4, -0.2) is 16.1 Å². The second-order valence-corrected chi connectivity index (χ2v) is 5.26. The van der Waals surface area contributed by atoms with Gasteiger partial charge in [-0.1, -0.05) is 30.9 Å². The molecule has 2 aromatic rings. The van der Waals surface area contributed by atoms with Crippen LogP contribution in [0.2, 0.25) is 0 Å². The highest BCUT2D eigenvalue weighted by Crippen LogP contribution is 2.31. The maximum atomic E-state index is 11.2. The Balaban J connectivity index is 2.13. The number of fused-ring (bicyclic) bond motifs is 1. The molecule has 3 rings (SSSR count). The van der Waals surface area contributed by atoms with Crippen molar-refractivity contribution in [2.75, 3.05) is 0 Å². The van der Waals surface area contributed by atoms with Crippen molar-refractivity contribution >= 4 is 17.2 Å². The van der Waals surface area contributed by atoms with Crippen molar-refractivity contribution in [3.8, 4) is 0 Å². The van der Waals surface area contributed by atoms with E-state index in [9.17, 15) is 4.79 Å². The van der Waals surface area contributed by atoms with E-state index in [0.29, 0.717) is 11.7 Å². The predicted molar refractivity (Wildman–Crippen MR) is 72.0 cm³/mol. The van der Waals surface area contributed by atoms with Crippen LogP contribution in [0.1, 0.15) is 54.2 Å². The quantitative estimate of drug-likeness (QED) is 0.753. The Kier molecular flexibility index (Phi) is 2.90. The first-order valence-electron chi connectivity index (χ1n) is 6.73. The summed E-state index contributed by atoms with van der Waals surface area (Å²) in [4.78, 5) is 11.2. The van der Waals surface area contributed by atoms with Gasteiger partial charge in [-0.25, -0.2) is 0 Å². The van der Waals surface area contributed by atoms with E-state index in [0.717, 1.165) is 17.2 Å².